The summed E-state index contributed by atoms with van der Waals surface area (Å²) in [5.74, 6) is 1.53. The van der Waals surface area contributed by atoms with Gasteiger partial charge in [-0.15, -0.1) is 0 Å². The SMILES string of the molecule is CN=C(NCc1ccccc1)NCc1cccc(-c2ncn[nH]2)c1. The Morgan fingerprint density at radius 3 is 2.46 bits per heavy atom. The number of aliphatic imine (C=N–C) groups is 1. The molecule has 0 aliphatic heterocycles. The van der Waals surface area contributed by atoms with Crippen molar-refractivity contribution >= 4 is 5.96 Å². The molecule has 24 heavy (non-hydrogen) atoms. The average Bonchev–Trinajstić information content (AvgIpc) is 3.18. The average molecular weight is 320 g/mol. The van der Waals surface area contributed by atoms with Crippen molar-refractivity contribution in [2.75, 3.05) is 7.05 Å². The van der Waals surface area contributed by atoms with Crippen molar-refractivity contribution in [2.24, 2.45) is 4.99 Å². The third-order valence-electron chi connectivity index (χ3n) is 3.60. The summed E-state index contributed by atoms with van der Waals surface area (Å²) in [5, 5.41) is 13.4. The molecule has 0 fully saturated rings. The van der Waals surface area contributed by atoms with Crippen molar-refractivity contribution in [3.8, 4) is 11.4 Å². The molecule has 0 atom stereocenters. The van der Waals surface area contributed by atoms with Gasteiger partial charge < -0.3 is 10.6 Å². The molecule has 0 saturated heterocycles. The quantitative estimate of drug-likeness (QED) is 0.498. The maximum absolute atomic E-state index is 4.26. The van der Waals surface area contributed by atoms with Crippen LogP contribution < -0.4 is 10.6 Å². The van der Waals surface area contributed by atoms with Crippen LogP contribution in [0.3, 0.4) is 0 Å². The van der Waals surface area contributed by atoms with Crippen LogP contribution in [0.15, 0.2) is 65.9 Å². The smallest absolute Gasteiger partial charge is 0.191 e. The van der Waals surface area contributed by atoms with E-state index in [2.05, 4.69) is 55.1 Å². The summed E-state index contributed by atoms with van der Waals surface area (Å²) in [6, 6.07) is 18.4. The highest BCUT2D eigenvalue weighted by atomic mass is 15.2. The number of H-pyrrole nitrogens is 1. The zero-order valence-electron chi connectivity index (χ0n) is 13.5. The highest BCUT2D eigenvalue weighted by molar-refractivity contribution is 5.79. The summed E-state index contributed by atoms with van der Waals surface area (Å²) in [7, 11) is 1.77. The predicted molar refractivity (Wildman–Crippen MR) is 95.3 cm³/mol. The molecular formula is C18H20N6. The molecular weight excluding hydrogens is 300 g/mol. The van der Waals surface area contributed by atoms with Gasteiger partial charge in [-0.25, -0.2) is 4.98 Å². The van der Waals surface area contributed by atoms with Crippen LogP contribution in [0.4, 0.5) is 0 Å². The topological polar surface area (TPSA) is 78.0 Å². The Kier molecular flexibility index (Phi) is 5.19. The summed E-state index contributed by atoms with van der Waals surface area (Å²) < 4.78 is 0. The molecule has 0 saturated carbocycles. The summed E-state index contributed by atoms with van der Waals surface area (Å²) >= 11 is 0. The number of guanidine groups is 1. The Bertz CT molecular complexity index is 780. The van der Waals surface area contributed by atoms with Crippen molar-refractivity contribution < 1.29 is 0 Å². The highest BCUT2D eigenvalue weighted by Crippen LogP contribution is 2.15. The van der Waals surface area contributed by atoms with Gasteiger partial charge in [0, 0.05) is 25.7 Å². The number of nitrogens with one attached hydrogen (secondary N) is 3. The van der Waals surface area contributed by atoms with E-state index in [1.165, 1.54) is 11.9 Å². The van der Waals surface area contributed by atoms with Gasteiger partial charge in [0.2, 0.25) is 0 Å². The Hall–Kier alpha value is -3.15. The minimum absolute atomic E-state index is 0.677. The minimum Gasteiger partial charge on any atom is -0.352 e. The summed E-state index contributed by atoms with van der Waals surface area (Å²) in [6.45, 7) is 1.41. The summed E-state index contributed by atoms with van der Waals surface area (Å²) in [4.78, 5) is 8.44. The Balaban J connectivity index is 1.57. The molecule has 0 amide bonds. The van der Waals surface area contributed by atoms with Crippen LogP contribution in [-0.2, 0) is 13.1 Å². The fraction of sp³-hybridized carbons (Fsp3) is 0.167. The lowest BCUT2D eigenvalue weighted by molar-refractivity contribution is 0.809. The van der Waals surface area contributed by atoms with Gasteiger partial charge in [-0.05, 0) is 17.2 Å². The van der Waals surface area contributed by atoms with Gasteiger partial charge in [-0.3, -0.25) is 10.1 Å². The monoisotopic (exact) mass is 320 g/mol. The molecule has 0 unspecified atom stereocenters. The number of aromatic nitrogens is 3. The van der Waals surface area contributed by atoms with Gasteiger partial charge in [0.15, 0.2) is 11.8 Å². The lowest BCUT2D eigenvalue weighted by Crippen LogP contribution is -2.36. The molecule has 3 N–H and O–H groups in total. The molecule has 6 heteroatoms. The molecule has 1 heterocycles. The van der Waals surface area contributed by atoms with Crippen LogP contribution in [0.2, 0.25) is 0 Å². The zero-order valence-corrected chi connectivity index (χ0v) is 13.5. The van der Waals surface area contributed by atoms with E-state index in [1.54, 1.807) is 7.05 Å². The molecule has 1 aromatic heterocycles. The number of hydrogen-bond donors (Lipinski definition) is 3. The van der Waals surface area contributed by atoms with Gasteiger partial charge >= 0.3 is 0 Å². The third kappa shape index (κ3) is 4.19. The molecule has 0 radical (unpaired) electrons. The number of nitrogens with zero attached hydrogens (tertiary/aromatic N) is 3. The fourth-order valence-corrected chi connectivity index (χ4v) is 2.36. The second-order valence-corrected chi connectivity index (χ2v) is 5.30. The summed E-state index contributed by atoms with van der Waals surface area (Å²) in [5.41, 5.74) is 3.37. The van der Waals surface area contributed by atoms with E-state index in [0.29, 0.717) is 6.54 Å². The maximum atomic E-state index is 4.26. The van der Waals surface area contributed by atoms with Crippen LogP contribution >= 0.6 is 0 Å². The Morgan fingerprint density at radius 1 is 1.00 bits per heavy atom. The Labute approximate surface area is 141 Å². The van der Waals surface area contributed by atoms with E-state index >= 15 is 0 Å². The molecule has 0 aliphatic rings. The minimum atomic E-state index is 0.677. The van der Waals surface area contributed by atoms with Crippen molar-refractivity contribution in [2.45, 2.75) is 13.1 Å². The fourth-order valence-electron chi connectivity index (χ4n) is 2.36. The molecule has 2 aromatic carbocycles. The van der Waals surface area contributed by atoms with E-state index in [0.717, 1.165) is 29.5 Å². The van der Waals surface area contributed by atoms with E-state index in [9.17, 15) is 0 Å². The van der Waals surface area contributed by atoms with E-state index in [4.69, 9.17) is 0 Å². The number of aromatic amines is 1. The lowest BCUT2D eigenvalue weighted by Gasteiger charge is -2.12. The zero-order chi connectivity index (χ0) is 16.6. The van der Waals surface area contributed by atoms with Crippen LogP contribution in [-0.4, -0.2) is 28.2 Å². The van der Waals surface area contributed by atoms with E-state index in [-0.39, 0.29) is 0 Å². The van der Waals surface area contributed by atoms with Crippen molar-refractivity contribution in [3.63, 3.8) is 0 Å². The maximum Gasteiger partial charge on any atom is 0.191 e. The highest BCUT2D eigenvalue weighted by Gasteiger charge is 2.03. The van der Waals surface area contributed by atoms with E-state index in [1.807, 2.05) is 30.3 Å². The molecule has 0 spiro atoms. The molecule has 3 aromatic rings. The first-order chi connectivity index (χ1) is 11.8. The predicted octanol–water partition coefficient (Wildman–Crippen LogP) is 2.34. The Morgan fingerprint density at radius 2 is 1.75 bits per heavy atom. The van der Waals surface area contributed by atoms with Crippen molar-refractivity contribution in [1.82, 2.24) is 25.8 Å². The number of hydrogen-bond acceptors (Lipinski definition) is 3. The number of rotatable bonds is 5. The van der Waals surface area contributed by atoms with Gasteiger partial charge in [0.25, 0.3) is 0 Å². The normalized spacial score (nSPS) is 11.3. The number of benzene rings is 2. The van der Waals surface area contributed by atoms with Gasteiger partial charge in [-0.1, -0.05) is 48.5 Å². The first kappa shape index (κ1) is 15.7. The van der Waals surface area contributed by atoms with Gasteiger partial charge in [0.1, 0.15) is 6.33 Å². The standard InChI is InChI=1S/C18H20N6/c1-19-18(20-11-14-6-3-2-4-7-14)21-12-15-8-5-9-16(10-15)17-22-13-23-24-17/h2-10,13H,11-12H2,1H3,(H2,19,20,21)(H,22,23,24). The molecule has 122 valence electrons. The third-order valence-corrected chi connectivity index (χ3v) is 3.60. The second-order valence-electron chi connectivity index (χ2n) is 5.30. The first-order valence-corrected chi connectivity index (χ1v) is 7.78. The molecule has 6 nitrogen and oxygen atoms in total. The molecule has 0 bridgehead atoms. The van der Waals surface area contributed by atoms with Crippen LogP contribution in [0.25, 0.3) is 11.4 Å². The van der Waals surface area contributed by atoms with Crippen molar-refractivity contribution in [3.05, 3.63) is 72.1 Å². The van der Waals surface area contributed by atoms with Gasteiger partial charge in [-0.2, -0.15) is 5.10 Å². The van der Waals surface area contributed by atoms with Crippen LogP contribution in [0.1, 0.15) is 11.1 Å². The van der Waals surface area contributed by atoms with Gasteiger partial charge in [0.05, 0.1) is 0 Å². The van der Waals surface area contributed by atoms with E-state index < -0.39 is 0 Å². The van der Waals surface area contributed by atoms with Crippen LogP contribution in [0, 0.1) is 0 Å². The van der Waals surface area contributed by atoms with Crippen LogP contribution in [0.5, 0.6) is 0 Å². The molecule has 3 rings (SSSR count). The molecule has 0 aliphatic carbocycles. The van der Waals surface area contributed by atoms with Crippen molar-refractivity contribution in [1.29, 1.82) is 0 Å². The lowest BCUT2D eigenvalue weighted by atomic mass is 10.1. The second kappa shape index (κ2) is 7.92. The summed E-state index contributed by atoms with van der Waals surface area (Å²) in [6.07, 6.45) is 1.51. The largest absolute Gasteiger partial charge is 0.352 e. The first-order valence-electron chi connectivity index (χ1n) is 7.78.